The summed E-state index contributed by atoms with van der Waals surface area (Å²) in [6.45, 7) is 5.02. The molecule has 0 aliphatic carbocycles. The fraction of sp³-hybridized carbons (Fsp3) is 0.562. The lowest BCUT2D eigenvalue weighted by molar-refractivity contribution is -0.0441. The number of hydrogen-bond donors (Lipinski definition) is 0. The molecule has 0 unspecified atom stereocenters. The monoisotopic (exact) mass is 275 g/mol. The molecule has 0 saturated carbocycles. The van der Waals surface area contributed by atoms with E-state index in [1.165, 1.54) is 6.42 Å². The van der Waals surface area contributed by atoms with Crippen molar-refractivity contribution in [2.24, 2.45) is 0 Å². The quantitative estimate of drug-likeness (QED) is 0.833. The number of ether oxygens (including phenoxy) is 2. The second kappa shape index (κ2) is 5.94. The molecule has 4 heteroatoms. The molecule has 2 fully saturated rings. The smallest absolute Gasteiger partial charge is 0.254 e. The van der Waals surface area contributed by atoms with Crippen molar-refractivity contribution < 1.29 is 14.3 Å². The Morgan fingerprint density at radius 2 is 1.85 bits per heavy atom. The SMILES string of the molecule is Cc1cc(C2OCCO2)ccc1C(=O)N1CCCCC1. The van der Waals surface area contributed by atoms with Gasteiger partial charge in [-0.1, -0.05) is 12.1 Å². The maximum Gasteiger partial charge on any atom is 0.254 e. The lowest BCUT2D eigenvalue weighted by atomic mass is 10.0. The van der Waals surface area contributed by atoms with Crippen LogP contribution in [-0.4, -0.2) is 37.1 Å². The number of amides is 1. The number of aryl methyl sites for hydroxylation is 1. The summed E-state index contributed by atoms with van der Waals surface area (Å²) in [6, 6.07) is 5.86. The lowest BCUT2D eigenvalue weighted by Crippen LogP contribution is -2.36. The maximum atomic E-state index is 12.5. The molecule has 20 heavy (non-hydrogen) atoms. The van der Waals surface area contributed by atoms with Crippen molar-refractivity contribution in [2.45, 2.75) is 32.5 Å². The Morgan fingerprint density at radius 3 is 2.50 bits per heavy atom. The van der Waals surface area contributed by atoms with Crippen molar-refractivity contribution >= 4 is 5.91 Å². The van der Waals surface area contributed by atoms with Crippen LogP contribution in [-0.2, 0) is 9.47 Å². The van der Waals surface area contributed by atoms with E-state index in [2.05, 4.69) is 0 Å². The third-order valence-corrected chi connectivity index (χ3v) is 4.02. The third-order valence-electron chi connectivity index (χ3n) is 4.02. The molecule has 0 aromatic heterocycles. The highest BCUT2D eigenvalue weighted by atomic mass is 16.7. The first-order valence-corrected chi connectivity index (χ1v) is 7.39. The topological polar surface area (TPSA) is 38.8 Å². The van der Waals surface area contributed by atoms with E-state index in [0.29, 0.717) is 13.2 Å². The fourth-order valence-electron chi connectivity index (χ4n) is 2.89. The highest BCUT2D eigenvalue weighted by Crippen LogP contribution is 2.26. The van der Waals surface area contributed by atoms with Gasteiger partial charge in [-0.3, -0.25) is 4.79 Å². The largest absolute Gasteiger partial charge is 0.346 e. The normalized spacial score (nSPS) is 20.4. The van der Waals surface area contributed by atoms with Gasteiger partial charge in [-0.25, -0.2) is 0 Å². The van der Waals surface area contributed by atoms with E-state index in [0.717, 1.165) is 42.6 Å². The van der Waals surface area contributed by atoms with Crippen LogP contribution in [0.25, 0.3) is 0 Å². The lowest BCUT2D eigenvalue weighted by Gasteiger charge is -2.27. The van der Waals surface area contributed by atoms with E-state index in [1.54, 1.807) is 0 Å². The van der Waals surface area contributed by atoms with Gasteiger partial charge >= 0.3 is 0 Å². The van der Waals surface area contributed by atoms with Gasteiger partial charge in [-0.15, -0.1) is 0 Å². The minimum Gasteiger partial charge on any atom is -0.346 e. The van der Waals surface area contributed by atoms with Gasteiger partial charge in [0.2, 0.25) is 0 Å². The van der Waals surface area contributed by atoms with E-state index in [4.69, 9.17) is 9.47 Å². The number of likely N-dealkylation sites (tertiary alicyclic amines) is 1. The van der Waals surface area contributed by atoms with E-state index >= 15 is 0 Å². The standard InChI is InChI=1S/C16H21NO3/c1-12-11-13(16-19-9-10-20-16)5-6-14(12)15(18)17-7-3-2-4-8-17/h5-6,11,16H,2-4,7-10H2,1H3. The molecule has 2 saturated heterocycles. The van der Waals surface area contributed by atoms with Crippen molar-refractivity contribution in [1.82, 2.24) is 4.90 Å². The minimum atomic E-state index is -0.271. The highest BCUT2D eigenvalue weighted by Gasteiger charge is 2.22. The van der Waals surface area contributed by atoms with E-state index in [9.17, 15) is 4.79 Å². The molecule has 4 nitrogen and oxygen atoms in total. The van der Waals surface area contributed by atoms with Gasteiger partial charge in [0.05, 0.1) is 13.2 Å². The van der Waals surface area contributed by atoms with Crippen molar-refractivity contribution in [3.63, 3.8) is 0 Å². The molecule has 0 N–H and O–H groups in total. The van der Waals surface area contributed by atoms with Crippen molar-refractivity contribution in [2.75, 3.05) is 26.3 Å². The third kappa shape index (κ3) is 2.72. The fourth-order valence-corrected chi connectivity index (χ4v) is 2.89. The van der Waals surface area contributed by atoms with Gasteiger partial charge in [0.15, 0.2) is 6.29 Å². The molecule has 0 bridgehead atoms. The molecule has 1 aromatic carbocycles. The molecular weight excluding hydrogens is 254 g/mol. The Bertz CT molecular complexity index is 488. The first-order chi connectivity index (χ1) is 9.75. The van der Waals surface area contributed by atoms with E-state index in [-0.39, 0.29) is 12.2 Å². The van der Waals surface area contributed by atoms with Gasteiger partial charge < -0.3 is 14.4 Å². The predicted octanol–water partition coefficient (Wildman–Crippen LogP) is 2.67. The Labute approximate surface area is 119 Å². The molecule has 0 spiro atoms. The first kappa shape index (κ1) is 13.6. The van der Waals surface area contributed by atoms with Crippen LogP contribution in [0.15, 0.2) is 18.2 Å². The minimum absolute atomic E-state index is 0.155. The second-order valence-electron chi connectivity index (χ2n) is 5.50. The summed E-state index contributed by atoms with van der Waals surface area (Å²) in [7, 11) is 0. The number of carbonyl (C=O) groups excluding carboxylic acids is 1. The van der Waals surface area contributed by atoms with Crippen LogP contribution < -0.4 is 0 Å². The summed E-state index contributed by atoms with van der Waals surface area (Å²) < 4.78 is 11.0. The number of piperidine rings is 1. The van der Waals surface area contributed by atoms with Crippen LogP contribution in [0, 0.1) is 6.92 Å². The van der Waals surface area contributed by atoms with E-state index < -0.39 is 0 Å². The van der Waals surface area contributed by atoms with Gasteiger partial charge in [0, 0.05) is 24.2 Å². The number of hydrogen-bond acceptors (Lipinski definition) is 3. The number of nitrogens with zero attached hydrogens (tertiary/aromatic N) is 1. The van der Waals surface area contributed by atoms with Gasteiger partial charge in [0.25, 0.3) is 5.91 Å². The zero-order chi connectivity index (χ0) is 13.9. The zero-order valence-electron chi connectivity index (χ0n) is 11.9. The first-order valence-electron chi connectivity index (χ1n) is 7.39. The summed E-state index contributed by atoms with van der Waals surface area (Å²) in [4.78, 5) is 14.5. The Balaban J connectivity index is 1.77. The molecule has 108 valence electrons. The van der Waals surface area contributed by atoms with Crippen molar-refractivity contribution in [3.05, 3.63) is 34.9 Å². The van der Waals surface area contributed by atoms with Gasteiger partial charge in [-0.2, -0.15) is 0 Å². The van der Waals surface area contributed by atoms with Crippen molar-refractivity contribution in [1.29, 1.82) is 0 Å². The predicted molar refractivity (Wildman–Crippen MR) is 75.6 cm³/mol. The average Bonchev–Trinajstić information content (AvgIpc) is 3.01. The molecule has 0 radical (unpaired) electrons. The number of carbonyl (C=O) groups is 1. The highest BCUT2D eigenvalue weighted by molar-refractivity contribution is 5.95. The summed E-state index contributed by atoms with van der Waals surface area (Å²) in [5.41, 5.74) is 2.79. The molecule has 3 rings (SSSR count). The Kier molecular flexibility index (Phi) is 4.03. The molecular formula is C16H21NO3. The van der Waals surface area contributed by atoms with Gasteiger partial charge in [0.1, 0.15) is 0 Å². The zero-order valence-corrected chi connectivity index (χ0v) is 11.9. The Hall–Kier alpha value is -1.39. The van der Waals surface area contributed by atoms with Crippen molar-refractivity contribution in [3.8, 4) is 0 Å². The van der Waals surface area contributed by atoms with Crippen LogP contribution in [0.2, 0.25) is 0 Å². The van der Waals surface area contributed by atoms with Crippen LogP contribution in [0.4, 0.5) is 0 Å². The van der Waals surface area contributed by atoms with E-state index in [1.807, 2.05) is 30.0 Å². The summed E-state index contributed by atoms with van der Waals surface area (Å²) in [5.74, 6) is 0.155. The van der Waals surface area contributed by atoms with Crippen LogP contribution in [0.1, 0.15) is 47.0 Å². The second-order valence-corrected chi connectivity index (χ2v) is 5.50. The van der Waals surface area contributed by atoms with Crippen LogP contribution in [0.3, 0.4) is 0 Å². The molecule has 2 aliphatic rings. The summed E-state index contributed by atoms with van der Waals surface area (Å²) in [5, 5.41) is 0. The molecule has 1 amide bonds. The van der Waals surface area contributed by atoms with Crippen LogP contribution in [0.5, 0.6) is 0 Å². The van der Waals surface area contributed by atoms with Crippen LogP contribution >= 0.6 is 0 Å². The maximum absolute atomic E-state index is 12.5. The van der Waals surface area contributed by atoms with Gasteiger partial charge in [-0.05, 0) is 37.8 Å². The summed E-state index contributed by atoms with van der Waals surface area (Å²) >= 11 is 0. The Morgan fingerprint density at radius 1 is 1.15 bits per heavy atom. The number of benzene rings is 1. The summed E-state index contributed by atoms with van der Waals surface area (Å²) in [6.07, 6.45) is 3.20. The molecule has 0 atom stereocenters. The average molecular weight is 275 g/mol. The molecule has 2 aliphatic heterocycles. The number of rotatable bonds is 2. The molecule has 1 aromatic rings. The molecule has 2 heterocycles.